The minimum atomic E-state index is -4.52. The number of piperidine rings is 1. The summed E-state index contributed by atoms with van der Waals surface area (Å²) >= 11 is 0. The third kappa shape index (κ3) is 7.56. The van der Waals surface area contributed by atoms with Gasteiger partial charge in [0.15, 0.2) is 5.82 Å². The Balaban J connectivity index is 1.47. The minimum absolute atomic E-state index is 0.0262. The van der Waals surface area contributed by atoms with E-state index in [-0.39, 0.29) is 47.2 Å². The number of amides is 1. The lowest BCUT2D eigenvalue weighted by molar-refractivity contribution is -0.127. The fourth-order valence-corrected chi connectivity index (χ4v) is 5.44. The molecule has 3 aromatic heterocycles. The molecule has 0 aromatic carbocycles. The van der Waals surface area contributed by atoms with Crippen molar-refractivity contribution >= 4 is 23.1 Å². The number of nitrogens with one attached hydrogen (secondary N) is 2. The average molecular weight is 607 g/mol. The van der Waals surface area contributed by atoms with Crippen molar-refractivity contribution in [3.05, 3.63) is 41.2 Å². The molecule has 5 heterocycles. The zero-order chi connectivity index (χ0) is 30.6. The molecule has 232 valence electrons. The van der Waals surface area contributed by atoms with Gasteiger partial charge in [0.05, 0.1) is 50.9 Å². The number of alkyl halides is 4. The first-order chi connectivity index (χ1) is 20.6. The summed E-state index contributed by atoms with van der Waals surface area (Å²) in [5.74, 6) is 5.07. The van der Waals surface area contributed by atoms with Gasteiger partial charge in [-0.25, -0.2) is 8.91 Å². The quantitative estimate of drug-likeness (QED) is 0.285. The smallest absolute Gasteiger partial charge is 0.382 e. The number of nitrogens with zero attached hydrogens (tertiary/aromatic N) is 5. The van der Waals surface area contributed by atoms with Crippen LogP contribution in [0.2, 0.25) is 0 Å². The van der Waals surface area contributed by atoms with Crippen molar-refractivity contribution in [3.8, 4) is 11.8 Å². The number of pyridine rings is 1. The first kappa shape index (κ1) is 30.6. The summed E-state index contributed by atoms with van der Waals surface area (Å²) in [6.07, 6.45) is -4.96. The summed E-state index contributed by atoms with van der Waals surface area (Å²) in [6.45, 7) is 2.38. The second-order valence-electron chi connectivity index (χ2n) is 10.7. The molecule has 1 amide bonds. The number of carbonyl (C=O) groups is 1. The summed E-state index contributed by atoms with van der Waals surface area (Å²) < 4.78 is 70.5. The van der Waals surface area contributed by atoms with E-state index in [4.69, 9.17) is 15.2 Å². The Hall–Kier alpha value is -3.87. The van der Waals surface area contributed by atoms with Crippen LogP contribution in [0.25, 0.3) is 5.52 Å². The van der Waals surface area contributed by atoms with Crippen molar-refractivity contribution < 1.29 is 31.8 Å². The predicted molar refractivity (Wildman–Crippen MR) is 150 cm³/mol. The van der Waals surface area contributed by atoms with E-state index in [1.54, 1.807) is 12.1 Å². The molecule has 2 aliphatic heterocycles. The number of rotatable bonds is 1. The fourth-order valence-electron chi connectivity index (χ4n) is 5.44. The number of fused-ring (bicyclic) bond motifs is 4. The zero-order valence-electron chi connectivity index (χ0n) is 23.7. The summed E-state index contributed by atoms with van der Waals surface area (Å²) in [5, 5.41) is 14.3. The van der Waals surface area contributed by atoms with Crippen molar-refractivity contribution in [2.24, 2.45) is 5.92 Å². The summed E-state index contributed by atoms with van der Waals surface area (Å²) in [5.41, 5.74) is 6.05. The number of halogens is 4. The van der Waals surface area contributed by atoms with Crippen LogP contribution < -0.4 is 16.4 Å². The number of nitrogen functional groups attached to an aromatic ring is 1. The first-order valence-corrected chi connectivity index (χ1v) is 14.0. The van der Waals surface area contributed by atoms with Crippen LogP contribution in [0.4, 0.5) is 29.2 Å². The van der Waals surface area contributed by atoms with Crippen LogP contribution in [0.15, 0.2) is 24.4 Å². The molecule has 3 atom stereocenters. The predicted octanol–water partition coefficient (Wildman–Crippen LogP) is 2.12. The number of hydrogen-bond donors (Lipinski definition) is 3. The lowest BCUT2D eigenvalue weighted by Gasteiger charge is -2.40. The second-order valence-corrected chi connectivity index (χ2v) is 10.7. The zero-order valence-corrected chi connectivity index (χ0v) is 23.7. The van der Waals surface area contributed by atoms with Gasteiger partial charge in [-0.05, 0) is 37.4 Å². The van der Waals surface area contributed by atoms with Crippen LogP contribution in [0.3, 0.4) is 0 Å². The van der Waals surface area contributed by atoms with E-state index in [0.29, 0.717) is 51.8 Å². The molecule has 1 fully saturated rings. The van der Waals surface area contributed by atoms with E-state index in [0.717, 1.165) is 0 Å². The van der Waals surface area contributed by atoms with Gasteiger partial charge >= 0.3 is 6.18 Å². The highest BCUT2D eigenvalue weighted by Crippen LogP contribution is 2.30. The van der Waals surface area contributed by atoms with E-state index >= 15 is 4.39 Å². The second kappa shape index (κ2) is 13.2. The third-order valence-corrected chi connectivity index (χ3v) is 7.43. The van der Waals surface area contributed by atoms with Crippen LogP contribution in [0, 0.1) is 17.8 Å². The molecule has 4 N–H and O–H groups in total. The summed E-state index contributed by atoms with van der Waals surface area (Å²) in [6, 6.07) is 4.16. The average Bonchev–Trinajstić information content (AvgIpc) is 3.48. The molecular formula is C28H34F4N8O3. The lowest BCUT2D eigenvalue weighted by Crippen LogP contribution is -2.53. The van der Waals surface area contributed by atoms with E-state index in [2.05, 4.69) is 32.7 Å². The van der Waals surface area contributed by atoms with Crippen molar-refractivity contribution in [2.75, 3.05) is 64.2 Å². The molecule has 3 aromatic rings. The lowest BCUT2D eigenvalue weighted by atomic mass is 9.88. The summed E-state index contributed by atoms with van der Waals surface area (Å²) in [7, 11) is 1.85. The Labute approximate surface area is 245 Å². The van der Waals surface area contributed by atoms with Crippen molar-refractivity contribution in [1.82, 2.24) is 29.6 Å². The molecule has 43 heavy (non-hydrogen) atoms. The SMILES string of the molecule is CN1C[C@@H]2CCOCCOCCn3cc(c(N)n3)C(=O)NCC#Cc3nn4c(cccc4c3CC(F)(F)F)N[C@H]2[C@@H](F)C1. The van der Waals surface area contributed by atoms with Crippen LogP contribution >= 0.6 is 0 Å². The molecular weight excluding hydrogens is 572 g/mol. The molecule has 11 nitrogen and oxygen atoms in total. The largest absolute Gasteiger partial charge is 0.393 e. The Kier molecular flexibility index (Phi) is 9.38. The maximum absolute atomic E-state index is 15.4. The highest BCUT2D eigenvalue weighted by atomic mass is 19.4. The molecule has 0 saturated carbocycles. The molecule has 0 unspecified atom stereocenters. The fraction of sp³-hybridized carbons (Fsp3) is 0.536. The van der Waals surface area contributed by atoms with Gasteiger partial charge in [0.25, 0.3) is 5.91 Å². The number of aromatic nitrogens is 4. The van der Waals surface area contributed by atoms with E-state index < -0.39 is 30.7 Å². The monoisotopic (exact) mass is 606 g/mol. The maximum atomic E-state index is 15.4. The number of hydrogen-bond acceptors (Lipinski definition) is 8. The Morgan fingerprint density at radius 1 is 1.14 bits per heavy atom. The molecule has 5 rings (SSSR count). The molecule has 0 aliphatic carbocycles. The first-order valence-electron chi connectivity index (χ1n) is 14.0. The van der Waals surface area contributed by atoms with Gasteiger partial charge in [0, 0.05) is 31.5 Å². The van der Waals surface area contributed by atoms with Gasteiger partial charge in [-0.15, -0.1) is 0 Å². The molecule has 0 spiro atoms. The van der Waals surface area contributed by atoms with Crippen molar-refractivity contribution in [2.45, 2.75) is 37.8 Å². The van der Waals surface area contributed by atoms with Gasteiger partial charge in [-0.2, -0.15) is 23.4 Å². The van der Waals surface area contributed by atoms with Gasteiger partial charge in [0.2, 0.25) is 0 Å². The number of carbonyl (C=O) groups excluding carboxylic acids is 1. The minimum Gasteiger partial charge on any atom is -0.382 e. The highest BCUT2D eigenvalue weighted by molar-refractivity contribution is 5.98. The van der Waals surface area contributed by atoms with Crippen molar-refractivity contribution in [1.29, 1.82) is 0 Å². The Morgan fingerprint density at radius 3 is 2.72 bits per heavy atom. The molecule has 2 aliphatic rings. The van der Waals surface area contributed by atoms with Gasteiger partial charge in [0.1, 0.15) is 23.2 Å². The molecule has 0 radical (unpaired) electrons. The Bertz CT molecular complexity index is 1490. The van der Waals surface area contributed by atoms with Gasteiger partial charge < -0.3 is 30.7 Å². The third-order valence-electron chi connectivity index (χ3n) is 7.43. The van der Waals surface area contributed by atoms with Crippen LogP contribution in [-0.4, -0.2) is 102 Å². The summed E-state index contributed by atoms with van der Waals surface area (Å²) in [4.78, 5) is 14.6. The highest BCUT2D eigenvalue weighted by Gasteiger charge is 2.37. The van der Waals surface area contributed by atoms with Gasteiger partial charge in [-0.3, -0.25) is 9.48 Å². The molecule has 15 heteroatoms. The van der Waals surface area contributed by atoms with E-state index in [1.807, 2.05) is 11.9 Å². The maximum Gasteiger partial charge on any atom is 0.393 e. The van der Waals surface area contributed by atoms with Crippen LogP contribution in [0.5, 0.6) is 0 Å². The van der Waals surface area contributed by atoms with Crippen molar-refractivity contribution in [3.63, 3.8) is 0 Å². The Morgan fingerprint density at radius 2 is 1.93 bits per heavy atom. The molecule has 4 bridgehead atoms. The number of anilines is 2. The van der Waals surface area contributed by atoms with E-state index in [1.165, 1.54) is 21.5 Å². The number of likely N-dealkylation sites (tertiary alicyclic amines) is 1. The number of nitrogens with two attached hydrogens (primary N) is 1. The van der Waals surface area contributed by atoms with Crippen LogP contribution in [-0.2, 0) is 22.4 Å². The topological polar surface area (TPSA) is 124 Å². The van der Waals surface area contributed by atoms with Gasteiger partial charge in [-0.1, -0.05) is 12.0 Å². The standard InChI is InChI=1S/C28H34F4N8O3/c1-38-15-18-7-10-42-12-13-43-11-9-39-16-20(26(33)37-39)27(41)34-8-3-4-22-19(14-28(30,31)32)23-5-2-6-24(40(23)36-22)35-25(18)21(29)17-38/h2,5-6,16,18,21,25,35H,7-15,17H2,1H3,(H2,33,37)(H,34,41)/t18-,21-,25+/m0/s1. The van der Waals surface area contributed by atoms with Crippen LogP contribution in [0.1, 0.15) is 28.0 Å². The van der Waals surface area contributed by atoms with E-state index in [9.17, 15) is 18.0 Å². The molecule has 1 saturated heterocycles. The normalized spacial score (nSPS) is 23.2. The number of ether oxygens (including phenoxy) is 2.